The van der Waals surface area contributed by atoms with Crippen molar-refractivity contribution in [2.45, 2.75) is 57.4 Å². The number of amides is 1. The lowest BCUT2D eigenvalue weighted by Gasteiger charge is -2.29. The van der Waals surface area contributed by atoms with E-state index >= 15 is 0 Å². The molecule has 2 aliphatic heterocycles. The molecule has 0 N–H and O–H groups in total. The number of carbonyl (C=O) groups is 1. The zero-order valence-electron chi connectivity index (χ0n) is 20.7. The number of hydrogen-bond acceptors (Lipinski definition) is 3. The van der Waals surface area contributed by atoms with Crippen LogP contribution in [-0.4, -0.2) is 52.9 Å². The maximum atomic E-state index is 13.8. The van der Waals surface area contributed by atoms with Gasteiger partial charge in [-0.1, -0.05) is 60.7 Å². The fourth-order valence-corrected chi connectivity index (χ4v) is 5.59. The summed E-state index contributed by atoms with van der Waals surface area (Å²) in [5, 5.41) is 0. The van der Waals surface area contributed by atoms with Crippen LogP contribution in [0.2, 0.25) is 0 Å². The maximum Gasteiger partial charge on any atom is 0.254 e. The van der Waals surface area contributed by atoms with Crippen LogP contribution in [0.3, 0.4) is 0 Å². The van der Waals surface area contributed by atoms with Crippen LogP contribution in [0.1, 0.15) is 58.6 Å². The van der Waals surface area contributed by atoms with Crippen LogP contribution in [0, 0.1) is 0 Å². The Kier molecular flexibility index (Phi) is 7.89. The Hall–Kier alpha value is -2.98. The Morgan fingerprint density at radius 3 is 1.89 bits per heavy atom. The predicted molar refractivity (Wildman–Crippen MR) is 142 cm³/mol. The van der Waals surface area contributed by atoms with Gasteiger partial charge in [0.1, 0.15) is 0 Å². The molecule has 1 amide bonds. The molecule has 1 aromatic heterocycles. The van der Waals surface area contributed by atoms with Gasteiger partial charge in [0.05, 0.1) is 0 Å². The highest BCUT2D eigenvalue weighted by Crippen LogP contribution is 2.24. The summed E-state index contributed by atoms with van der Waals surface area (Å²) in [6.07, 6.45) is 8.38. The van der Waals surface area contributed by atoms with E-state index in [0.29, 0.717) is 6.04 Å². The van der Waals surface area contributed by atoms with Gasteiger partial charge < -0.3 is 9.80 Å². The van der Waals surface area contributed by atoms with Crippen molar-refractivity contribution in [3.8, 4) is 0 Å². The van der Waals surface area contributed by atoms with E-state index in [1.165, 1.54) is 37.1 Å². The number of aromatic nitrogens is 1. The number of likely N-dealkylation sites (tertiary alicyclic amines) is 2. The Morgan fingerprint density at radius 1 is 0.743 bits per heavy atom. The number of aryl methyl sites for hydroxylation is 4. The lowest BCUT2D eigenvalue weighted by molar-refractivity contribution is 0.0708. The minimum atomic E-state index is 0.191. The normalized spacial score (nSPS) is 18.3. The summed E-state index contributed by atoms with van der Waals surface area (Å²) in [4.78, 5) is 23.4. The molecule has 3 aromatic rings. The SMILES string of the molecule is O=C(c1cc(CCc2ccccc2)nc(CCc2ccccc2)c1)N1CCC[C@H]1CN1CCCC1. The zero-order valence-corrected chi connectivity index (χ0v) is 20.7. The van der Waals surface area contributed by atoms with Gasteiger partial charge in [0.2, 0.25) is 0 Å². The van der Waals surface area contributed by atoms with Crippen molar-refractivity contribution in [1.82, 2.24) is 14.8 Å². The third-order valence-electron chi connectivity index (χ3n) is 7.51. The molecule has 2 aliphatic rings. The second-order valence-electron chi connectivity index (χ2n) is 10.1. The molecular formula is C31H37N3O. The monoisotopic (exact) mass is 467 g/mol. The molecule has 35 heavy (non-hydrogen) atoms. The highest BCUT2D eigenvalue weighted by Gasteiger charge is 2.31. The summed E-state index contributed by atoms with van der Waals surface area (Å²) in [7, 11) is 0. The molecule has 4 nitrogen and oxygen atoms in total. The first kappa shape index (κ1) is 23.7. The van der Waals surface area contributed by atoms with Gasteiger partial charge in [-0.25, -0.2) is 0 Å². The van der Waals surface area contributed by atoms with E-state index in [0.717, 1.165) is 68.6 Å². The molecule has 2 saturated heterocycles. The summed E-state index contributed by atoms with van der Waals surface area (Å²) in [5.41, 5.74) is 5.49. The topological polar surface area (TPSA) is 36.4 Å². The van der Waals surface area contributed by atoms with E-state index in [1.54, 1.807) is 0 Å². The lowest BCUT2D eigenvalue weighted by Crippen LogP contribution is -2.42. The fraction of sp³-hybridized carbons (Fsp3) is 0.419. The van der Waals surface area contributed by atoms with Gasteiger partial charge in [0, 0.05) is 36.1 Å². The molecule has 0 bridgehead atoms. The van der Waals surface area contributed by atoms with Crippen LogP contribution in [0.15, 0.2) is 72.8 Å². The van der Waals surface area contributed by atoms with Crippen molar-refractivity contribution in [2.24, 2.45) is 0 Å². The van der Waals surface area contributed by atoms with Gasteiger partial charge in [-0.3, -0.25) is 9.78 Å². The van der Waals surface area contributed by atoms with Crippen LogP contribution < -0.4 is 0 Å². The standard InChI is InChI=1S/C31H37N3O/c35-31(34-21-9-14-30(34)24-33-19-7-8-20-33)27-22-28(17-15-25-10-3-1-4-11-25)32-29(23-27)18-16-26-12-5-2-6-13-26/h1-6,10-13,22-23,30H,7-9,14-21,24H2/t30-/m0/s1. The van der Waals surface area contributed by atoms with E-state index in [9.17, 15) is 4.79 Å². The van der Waals surface area contributed by atoms with Gasteiger partial charge in [0.15, 0.2) is 0 Å². The van der Waals surface area contributed by atoms with Gasteiger partial charge >= 0.3 is 0 Å². The lowest BCUT2D eigenvalue weighted by atomic mass is 10.0. The second-order valence-corrected chi connectivity index (χ2v) is 10.1. The van der Waals surface area contributed by atoms with Crippen LogP contribution >= 0.6 is 0 Å². The summed E-state index contributed by atoms with van der Waals surface area (Å²) in [5.74, 6) is 0.191. The largest absolute Gasteiger partial charge is 0.334 e. The zero-order chi connectivity index (χ0) is 23.9. The van der Waals surface area contributed by atoms with Crippen molar-refractivity contribution in [2.75, 3.05) is 26.2 Å². The average molecular weight is 468 g/mol. The molecule has 3 heterocycles. The number of hydrogen-bond donors (Lipinski definition) is 0. The molecule has 0 saturated carbocycles. The molecule has 1 atom stereocenters. The number of pyridine rings is 1. The van der Waals surface area contributed by atoms with Crippen LogP contribution in [0.25, 0.3) is 0 Å². The van der Waals surface area contributed by atoms with Crippen LogP contribution in [0.4, 0.5) is 0 Å². The first-order valence-corrected chi connectivity index (χ1v) is 13.4. The Labute approximate surface area is 210 Å². The van der Waals surface area contributed by atoms with E-state index in [-0.39, 0.29) is 5.91 Å². The summed E-state index contributed by atoms with van der Waals surface area (Å²) >= 11 is 0. The number of nitrogens with zero attached hydrogens (tertiary/aromatic N) is 3. The molecule has 0 unspecified atom stereocenters. The quantitative estimate of drug-likeness (QED) is 0.426. The highest BCUT2D eigenvalue weighted by molar-refractivity contribution is 5.94. The van der Waals surface area contributed by atoms with E-state index in [4.69, 9.17) is 4.98 Å². The van der Waals surface area contributed by atoms with Crippen LogP contribution in [-0.2, 0) is 25.7 Å². The van der Waals surface area contributed by atoms with Crippen LogP contribution in [0.5, 0.6) is 0 Å². The number of carbonyl (C=O) groups excluding carboxylic acids is 1. The smallest absolute Gasteiger partial charge is 0.254 e. The minimum absolute atomic E-state index is 0.191. The van der Waals surface area contributed by atoms with Gasteiger partial charge in [0.25, 0.3) is 5.91 Å². The maximum absolute atomic E-state index is 13.8. The Balaban J connectivity index is 1.34. The average Bonchev–Trinajstić information content (AvgIpc) is 3.60. The van der Waals surface area contributed by atoms with Crippen molar-refractivity contribution >= 4 is 5.91 Å². The Morgan fingerprint density at radius 2 is 1.31 bits per heavy atom. The molecule has 2 aromatic carbocycles. The first-order valence-electron chi connectivity index (χ1n) is 13.4. The van der Waals surface area contributed by atoms with Gasteiger partial charge in [-0.2, -0.15) is 0 Å². The number of rotatable bonds is 9. The third kappa shape index (κ3) is 6.37. The van der Waals surface area contributed by atoms with E-state index in [2.05, 4.69) is 82.6 Å². The first-order chi connectivity index (χ1) is 17.2. The Bertz CT molecular complexity index is 1030. The molecule has 4 heteroatoms. The van der Waals surface area contributed by atoms with Crippen molar-refractivity contribution in [3.05, 3.63) is 101 Å². The summed E-state index contributed by atoms with van der Waals surface area (Å²) in [6, 6.07) is 25.6. The van der Waals surface area contributed by atoms with E-state index < -0.39 is 0 Å². The van der Waals surface area contributed by atoms with Gasteiger partial charge in [-0.05, 0) is 87.7 Å². The van der Waals surface area contributed by atoms with Crippen molar-refractivity contribution in [1.29, 1.82) is 0 Å². The van der Waals surface area contributed by atoms with Gasteiger partial charge in [-0.15, -0.1) is 0 Å². The van der Waals surface area contributed by atoms with Crippen molar-refractivity contribution < 1.29 is 4.79 Å². The molecular weight excluding hydrogens is 430 g/mol. The molecule has 0 aliphatic carbocycles. The molecule has 182 valence electrons. The number of benzene rings is 2. The van der Waals surface area contributed by atoms with E-state index in [1.807, 2.05) is 0 Å². The molecule has 0 radical (unpaired) electrons. The summed E-state index contributed by atoms with van der Waals surface area (Å²) in [6.45, 7) is 4.26. The third-order valence-corrected chi connectivity index (χ3v) is 7.51. The minimum Gasteiger partial charge on any atom is -0.334 e. The predicted octanol–water partition coefficient (Wildman–Crippen LogP) is 5.35. The molecule has 0 spiro atoms. The highest BCUT2D eigenvalue weighted by atomic mass is 16.2. The summed E-state index contributed by atoms with van der Waals surface area (Å²) < 4.78 is 0. The molecule has 2 fully saturated rings. The molecule has 5 rings (SSSR count). The fourth-order valence-electron chi connectivity index (χ4n) is 5.59. The van der Waals surface area contributed by atoms with Crippen molar-refractivity contribution in [3.63, 3.8) is 0 Å². The second kappa shape index (κ2) is 11.6.